The summed E-state index contributed by atoms with van der Waals surface area (Å²) in [7, 11) is -2.27. The topological polar surface area (TPSA) is 153 Å². The number of nitrogens with zero attached hydrogens (tertiary/aromatic N) is 6. The van der Waals surface area contributed by atoms with Gasteiger partial charge in [0.2, 0.25) is 21.8 Å². The molecule has 2 amide bonds. The molecule has 64 heavy (non-hydrogen) atoms. The van der Waals surface area contributed by atoms with E-state index in [0.717, 1.165) is 18.4 Å². The fourth-order valence-corrected chi connectivity index (χ4v) is 9.72. The molecule has 2 N–H and O–H groups in total. The zero-order valence-electron chi connectivity index (χ0n) is 34.8. The lowest BCUT2D eigenvalue weighted by atomic mass is 9.73. The lowest BCUT2D eigenvalue weighted by molar-refractivity contribution is -0.139. The summed E-state index contributed by atoms with van der Waals surface area (Å²) in [5.74, 6) is -3.20. The third-order valence-electron chi connectivity index (χ3n) is 11.9. The maximum absolute atomic E-state index is 15.6. The molecule has 1 saturated heterocycles. The van der Waals surface area contributed by atoms with Crippen LogP contribution in [-0.4, -0.2) is 87.8 Å². The van der Waals surface area contributed by atoms with Crippen molar-refractivity contribution in [2.24, 2.45) is 13.0 Å². The first-order chi connectivity index (χ1) is 30.1. The van der Waals surface area contributed by atoms with Gasteiger partial charge in [-0.25, -0.2) is 31.0 Å². The van der Waals surface area contributed by atoms with E-state index >= 15 is 8.78 Å². The summed E-state index contributed by atoms with van der Waals surface area (Å²) < 4.78 is 124. The Morgan fingerprint density at radius 2 is 1.77 bits per heavy atom. The number of sulfonamides is 1. The van der Waals surface area contributed by atoms with Crippen LogP contribution in [0.5, 0.6) is 0 Å². The normalized spacial score (nSPS) is 20.6. The maximum Gasteiger partial charge on any atom is 0.293 e. The van der Waals surface area contributed by atoms with E-state index < -0.39 is 81.2 Å². The number of morpholine rings is 1. The van der Waals surface area contributed by atoms with Crippen molar-refractivity contribution in [2.75, 3.05) is 37.2 Å². The van der Waals surface area contributed by atoms with Gasteiger partial charge in [0.05, 0.1) is 41.0 Å². The molecule has 4 atom stereocenters. The Hall–Kier alpha value is -5.65. The van der Waals surface area contributed by atoms with Crippen LogP contribution in [0.2, 0.25) is 5.02 Å². The first-order valence-electron chi connectivity index (χ1n) is 20.2. The summed E-state index contributed by atoms with van der Waals surface area (Å²) >= 11 is 6.66. The molecule has 2 fully saturated rings. The lowest BCUT2D eigenvalue weighted by Gasteiger charge is -2.36. The van der Waals surface area contributed by atoms with Crippen molar-refractivity contribution in [3.63, 3.8) is 0 Å². The highest BCUT2D eigenvalue weighted by Gasteiger charge is 2.62. The summed E-state index contributed by atoms with van der Waals surface area (Å²) in [4.78, 5) is 32.5. The molecule has 0 bridgehead atoms. The number of fused-ring (bicyclic) bond motifs is 4. The number of benzene rings is 2. The largest absolute Gasteiger partial charge is 0.359 e. The van der Waals surface area contributed by atoms with Gasteiger partial charge in [0.1, 0.15) is 40.9 Å². The Bertz CT molecular complexity index is 2880. The molecule has 1 unspecified atom stereocenters. The molecule has 21 heteroatoms. The van der Waals surface area contributed by atoms with E-state index in [1.54, 1.807) is 37.1 Å². The van der Waals surface area contributed by atoms with Gasteiger partial charge >= 0.3 is 0 Å². The average molecular weight is 931 g/mol. The zero-order chi connectivity index (χ0) is 46.0. The molecule has 8 rings (SSSR count). The van der Waals surface area contributed by atoms with Gasteiger partial charge in [-0.05, 0) is 73.9 Å². The van der Waals surface area contributed by atoms with Gasteiger partial charge in [-0.1, -0.05) is 23.6 Å². The Kier molecular flexibility index (Phi) is 11.7. The average Bonchev–Trinajstić information content (AvgIpc) is 3.76. The molecular formula is C43H41ClF6N8O5S. The molecule has 4 heterocycles. The minimum atomic E-state index is -3.83. The number of aryl methyl sites for hydroxylation is 1. The smallest absolute Gasteiger partial charge is 0.293 e. The molecule has 0 spiro atoms. The zero-order valence-corrected chi connectivity index (χ0v) is 36.4. The summed E-state index contributed by atoms with van der Waals surface area (Å²) in [5.41, 5.74) is -1.11. The van der Waals surface area contributed by atoms with Crippen LogP contribution in [0.1, 0.15) is 78.9 Å². The van der Waals surface area contributed by atoms with Crippen molar-refractivity contribution in [1.82, 2.24) is 34.8 Å². The van der Waals surface area contributed by atoms with Gasteiger partial charge in [-0.15, -0.1) is 0 Å². The lowest BCUT2D eigenvalue weighted by Crippen LogP contribution is -2.50. The Morgan fingerprint density at radius 3 is 2.42 bits per heavy atom. The van der Waals surface area contributed by atoms with E-state index in [4.69, 9.17) is 21.3 Å². The fraction of sp³-hybridized carbons (Fsp3) is 0.419. The van der Waals surface area contributed by atoms with Gasteiger partial charge in [0, 0.05) is 61.7 Å². The van der Waals surface area contributed by atoms with Crippen LogP contribution in [0, 0.1) is 29.4 Å². The third-order valence-corrected chi connectivity index (χ3v) is 12.8. The second kappa shape index (κ2) is 16.7. The van der Waals surface area contributed by atoms with Gasteiger partial charge in [0.25, 0.3) is 12.3 Å². The number of pyridine rings is 1. The van der Waals surface area contributed by atoms with Crippen molar-refractivity contribution in [1.29, 1.82) is 0 Å². The number of hydrogen-bond donors (Lipinski definition) is 2. The quantitative estimate of drug-likeness (QED) is 0.108. The molecular weight excluding hydrogens is 890 g/mol. The molecule has 338 valence electrons. The van der Waals surface area contributed by atoms with Crippen molar-refractivity contribution in [2.45, 2.75) is 69.4 Å². The number of hydrogen-bond acceptors (Lipinski definition) is 8. The van der Waals surface area contributed by atoms with Crippen LogP contribution in [-0.2, 0) is 50.3 Å². The van der Waals surface area contributed by atoms with Crippen molar-refractivity contribution < 1.29 is 49.1 Å². The van der Waals surface area contributed by atoms with Gasteiger partial charge < -0.3 is 15.0 Å². The summed E-state index contributed by atoms with van der Waals surface area (Å²) in [6.07, 6.45) is -1.94. The van der Waals surface area contributed by atoms with Crippen LogP contribution < -0.4 is 10.0 Å². The highest BCUT2D eigenvalue weighted by atomic mass is 35.5. The number of alkyl halides is 4. The van der Waals surface area contributed by atoms with Crippen LogP contribution in [0.3, 0.4) is 0 Å². The number of aromatic nitrogens is 5. The van der Waals surface area contributed by atoms with Crippen molar-refractivity contribution >= 4 is 50.2 Å². The number of carbonyl (C=O) groups is 2. The van der Waals surface area contributed by atoms with Gasteiger partial charge in [-0.2, -0.15) is 19.0 Å². The summed E-state index contributed by atoms with van der Waals surface area (Å²) in [5, 5.41) is 11.2. The molecule has 2 aliphatic carbocycles. The Labute approximate surface area is 368 Å². The SMILES string of the molecule is CC(=O)N1CCO[C@](C)(C#Cc2ccc(-c3ccc(Cl)c4c(NS(C)(=O)=O)nn(C)c34)c(C(CNC(=O)Cn3nc(C(F)F)c4c3C(F)(F)[C@@H]3CC[C@H]43)Cc3cc(F)cc(F)c3)n2)C1. The molecule has 5 aromatic rings. The number of nitrogens with one attached hydrogen (secondary N) is 2. The molecule has 3 aromatic heterocycles. The molecule has 2 aromatic carbocycles. The molecule has 0 radical (unpaired) electrons. The number of halogens is 7. The highest BCUT2D eigenvalue weighted by Crippen LogP contribution is 2.63. The van der Waals surface area contributed by atoms with Gasteiger partial charge in [-0.3, -0.25) is 23.7 Å². The summed E-state index contributed by atoms with van der Waals surface area (Å²) in [6.45, 7) is 2.75. The molecule has 3 aliphatic rings. The second-order valence-corrected chi connectivity index (χ2v) is 18.7. The number of carbonyl (C=O) groups excluding carboxylic acids is 2. The molecule has 1 aliphatic heterocycles. The van der Waals surface area contributed by atoms with Crippen molar-refractivity contribution in [3.05, 3.63) is 93.0 Å². The van der Waals surface area contributed by atoms with Crippen LogP contribution in [0.4, 0.5) is 32.2 Å². The van der Waals surface area contributed by atoms with Crippen LogP contribution in [0.15, 0.2) is 42.5 Å². The summed E-state index contributed by atoms with van der Waals surface area (Å²) in [6, 6.07) is 9.30. The Balaban J connectivity index is 1.23. The predicted molar refractivity (Wildman–Crippen MR) is 223 cm³/mol. The number of amides is 2. The number of ether oxygens (including phenoxy) is 1. The van der Waals surface area contributed by atoms with E-state index in [1.807, 2.05) is 0 Å². The predicted octanol–water partition coefficient (Wildman–Crippen LogP) is 6.80. The van der Waals surface area contributed by atoms with Crippen LogP contribution in [0.25, 0.3) is 22.0 Å². The van der Waals surface area contributed by atoms with E-state index in [2.05, 4.69) is 32.1 Å². The fourth-order valence-electron chi connectivity index (χ4n) is 8.99. The van der Waals surface area contributed by atoms with E-state index in [1.165, 1.54) is 17.7 Å². The Morgan fingerprint density at radius 1 is 1.05 bits per heavy atom. The van der Waals surface area contributed by atoms with E-state index in [9.17, 15) is 35.6 Å². The minimum absolute atomic E-state index is 0.0677. The minimum Gasteiger partial charge on any atom is -0.359 e. The number of anilines is 1. The number of rotatable bonds is 11. The van der Waals surface area contributed by atoms with Crippen LogP contribution >= 0.6 is 11.6 Å². The monoisotopic (exact) mass is 930 g/mol. The molecule has 1 saturated carbocycles. The van der Waals surface area contributed by atoms with E-state index in [-0.39, 0.29) is 77.2 Å². The highest BCUT2D eigenvalue weighted by molar-refractivity contribution is 7.92. The van der Waals surface area contributed by atoms with Gasteiger partial charge in [0.15, 0.2) is 5.82 Å². The third kappa shape index (κ3) is 8.64. The van der Waals surface area contributed by atoms with E-state index in [0.29, 0.717) is 40.4 Å². The van der Waals surface area contributed by atoms with Crippen molar-refractivity contribution in [3.8, 4) is 23.0 Å². The second-order valence-electron chi connectivity index (χ2n) is 16.6. The molecule has 13 nitrogen and oxygen atoms in total. The first kappa shape index (κ1) is 44.9. The standard InChI is InChI=1S/C43H41ClF6N8O5S/c1-22(59)57-13-14-63-42(2,21-57)12-11-27-5-6-28(29-8-10-32(44)35-38(29)56(3)54-41(35)55-64(4,61)62)36(52-27)24(15-23-16-25(45)18-26(46)17-23)19-51-33(60)20-58-39-34(37(53-58)40(47)48)30-7-9-31(30)43(39,49)50/h5-6,8,10,16-18,24,30-31,40H,7,9,13-15,19-21H2,1-4H3,(H,51,60)(H,54,55)/t24?,30-,31+,42+/m0/s1. The first-order valence-corrected chi connectivity index (χ1v) is 22.4. The maximum atomic E-state index is 15.6.